The van der Waals surface area contributed by atoms with E-state index in [0.29, 0.717) is 37.9 Å². The van der Waals surface area contributed by atoms with Crippen LogP contribution in [0.4, 0.5) is 0 Å². The average molecular weight is 445 g/mol. The van der Waals surface area contributed by atoms with Gasteiger partial charge in [0, 0.05) is 26.6 Å². The van der Waals surface area contributed by atoms with Gasteiger partial charge in [0.25, 0.3) is 0 Å². The summed E-state index contributed by atoms with van der Waals surface area (Å²) in [6.07, 6.45) is 9.30. The van der Waals surface area contributed by atoms with Crippen LogP contribution in [0.5, 0.6) is 0 Å². The minimum Gasteiger partial charge on any atom is -0.350 e. The van der Waals surface area contributed by atoms with Crippen LogP contribution in [0.15, 0.2) is 23.3 Å². The molecule has 30 heavy (non-hydrogen) atoms. The van der Waals surface area contributed by atoms with Crippen LogP contribution in [-0.4, -0.2) is 45.7 Å². The summed E-state index contributed by atoms with van der Waals surface area (Å²) in [7, 11) is -0.647. The highest BCUT2D eigenvalue weighted by atomic mass is 31.2. The Kier molecular flexibility index (Phi) is 13.0. The molecule has 0 aromatic heterocycles. The molecule has 1 rings (SSSR count). The second kappa shape index (κ2) is 14.3. The zero-order valence-corrected chi connectivity index (χ0v) is 20.5. The highest BCUT2D eigenvalue weighted by Crippen LogP contribution is 2.46. The van der Waals surface area contributed by atoms with Gasteiger partial charge in [-0.05, 0) is 51.9 Å². The molecule has 174 valence electrons. The van der Waals surface area contributed by atoms with Crippen molar-refractivity contribution in [2.24, 2.45) is 11.8 Å². The van der Waals surface area contributed by atoms with Crippen LogP contribution >= 0.6 is 7.60 Å². The molecule has 0 N–H and O–H groups in total. The Morgan fingerprint density at radius 1 is 1.00 bits per heavy atom. The summed E-state index contributed by atoms with van der Waals surface area (Å²) in [4.78, 5) is 11.9. The molecule has 0 aromatic carbocycles. The quantitative estimate of drug-likeness (QED) is 0.231. The summed E-state index contributed by atoms with van der Waals surface area (Å²) in [5.41, 5.74) is 2.66. The Bertz CT molecular complexity index is 611. The van der Waals surface area contributed by atoms with Gasteiger partial charge in [0.1, 0.15) is 11.9 Å². The van der Waals surface area contributed by atoms with Gasteiger partial charge in [0.2, 0.25) is 0 Å². The van der Waals surface area contributed by atoms with Crippen molar-refractivity contribution in [2.75, 3.05) is 33.6 Å². The van der Waals surface area contributed by atoms with Crippen LogP contribution in [0.1, 0.15) is 66.2 Å². The zero-order chi connectivity index (χ0) is 22.6. The fraction of sp³-hybridized carbons (Fsp3) is 0.783. The third kappa shape index (κ3) is 10.5. The smallest absolute Gasteiger partial charge is 0.337 e. The van der Waals surface area contributed by atoms with Crippen molar-refractivity contribution in [3.63, 3.8) is 0 Å². The predicted molar refractivity (Wildman–Crippen MR) is 121 cm³/mol. The predicted octanol–water partition coefficient (Wildman–Crippen LogP) is 5.92. The van der Waals surface area contributed by atoms with E-state index >= 15 is 0 Å². The van der Waals surface area contributed by atoms with Crippen LogP contribution in [0.3, 0.4) is 0 Å². The van der Waals surface area contributed by atoms with E-state index in [0.717, 1.165) is 25.7 Å². The molecule has 6 nitrogen and oxygen atoms in total. The Morgan fingerprint density at radius 3 is 2.07 bits per heavy atom. The van der Waals surface area contributed by atoms with E-state index in [2.05, 4.69) is 39.8 Å². The molecule has 1 atom stereocenters. The van der Waals surface area contributed by atoms with Crippen molar-refractivity contribution in [1.29, 1.82) is 0 Å². The van der Waals surface area contributed by atoms with E-state index in [1.807, 2.05) is 0 Å². The van der Waals surface area contributed by atoms with Crippen LogP contribution in [0, 0.1) is 11.8 Å². The summed E-state index contributed by atoms with van der Waals surface area (Å²) in [5.74, 6) is 0.869. The van der Waals surface area contributed by atoms with E-state index in [1.54, 1.807) is 0 Å². The number of hydrogen-bond acceptors (Lipinski definition) is 6. The maximum absolute atomic E-state index is 12.0. The minimum absolute atomic E-state index is 0.0487. The SMILES string of the molecule is COP(=O)(CC(=O)CC/C=C(\C)CC/C=C(\C)CCC(C(C)C)C1OCCO1)OC. The molecule has 1 aliphatic heterocycles. The largest absolute Gasteiger partial charge is 0.350 e. The molecule has 1 heterocycles. The van der Waals surface area contributed by atoms with Gasteiger partial charge in [-0.25, -0.2) is 0 Å². The van der Waals surface area contributed by atoms with Crippen molar-refractivity contribution < 1.29 is 27.9 Å². The van der Waals surface area contributed by atoms with E-state index in [4.69, 9.17) is 18.5 Å². The van der Waals surface area contributed by atoms with Crippen LogP contribution in [-0.2, 0) is 27.9 Å². The number of carbonyl (C=O) groups is 1. The van der Waals surface area contributed by atoms with Crippen molar-refractivity contribution in [2.45, 2.75) is 72.5 Å². The van der Waals surface area contributed by atoms with Gasteiger partial charge in [-0.15, -0.1) is 0 Å². The molecule has 0 bridgehead atoms. The number of ether oxygens (including phenoxy) is 2. The molecule has 0 spiro atoms. The number of hydrogen-bond donors (Lipinski definition) is 0. The van der Waals surface area contributed by atoms with Crippen molar-refractivity contribution in [3.8, 4) is 0 Å². The lowest BCUT2D eigenvalue weighted by Crippen LogP contribution is -2.26. The third-order valence-corrected chi connectivity index (χ3v) is 7.45. The Hall–Kier alpha value is -0.780. The van der Waals surface area contributed by atoms with Gasteiger partial charge in [-0.3, -0.25) is 9.36 Å². The van der Waals surface area contributed by atoms with Crippen LogP contribution in [0.25, 0.3) is 0 Å². The molecule has 0 aromatic rings. The van der Waals surface area contributed by atoms with Gasteiger partial charge in [-0.1, -0.05) is 37.1 Å². The molecule has 1 saturated heterocycles. The molecule has 1 aliphatic rings. The summed E-state index contributed by atoms with van der Waals surface area (Å²) < 4.78 is 33.0. The van der Waals surface area contributed by atoms with E-state index in [9.17, 15) is 9.36 Å². The lowest BCUT2D eigenvalue weighted by Gasteiger charge is -2.25. The van der Waals surface area contributed by atoms with Gasteiger partial charge >= 0.3 is 7.60 Å². The Balaban J connectivity index is 2.32. The minimum atomic E-state index is -3.25. The number of carbonyl (C=O) groups excluding carboxylic acids is 1. The monoisotopic (exact) mass is 444 g/mol. The van der Waals surface area contributed by atoms with Crippen molar-refractivity contribution in [3.05, 3.63) is 23.3 Å². The molecule has 0 saturated carbocycles. The number of rotatable bonds is 15. The molecule has 1 unspecified atom stereocenters. The van der Waals surface area contributed by atoms with Gasteiger partial charge in [-0.2, -0.15) is 0 Å². The molecular weight excluding hydrogens is 403 g/mol. The average Bonchev–Trinajstić information content (AvgIpc) is 3.22. The van der Waals surface area contributed by atoms with E-state index in [1.165, 1.54) is 25.4 Å². The van der Waals surface area contributed by atoms with Crippen molar-refractivity contribution >= 4 is 13.4 Å². The standard InChI is InChI=1S/C23H41O6P/c1-18(2)22(23-28-15-16-29-23)14-13-20(4)10-7-9-19(3)11-8-12-21(24)17-30(25,26-5)27-6/h10-11,18,22-23H,7-9,12-17H2,1-6H3/b19-11+,20-10+. The molecule has 1 fully saturated rings. The fourth-order valence-electron chi connectivity index (χ4n) is 3.53. The van der Waals surface area contributed by atoms with Crippen LogP contribution < -0.4 is 0 Å². The molecule has 0 amide bonds. The molecule has 0 radical (unpaired) electrons. The van der Waals surface area contributed by atoms with E-state index in [-0.39, 0.29) is 18.2 Å². The second-order valence-electron chi connectivity index (χ2n) is 8.41. The second-order valence-corrected chi connectivity index (χ2v) is 10.7. The summed E-state index contributed by atoms with van der Waals surface area (Å²) >= 11 is 0. The molecule has 7 heteroatoms. The summed E-state index contributed by atoms with van der Waals surface area (Å²) in [6.45, 7) is 10.2. The third-order valence-electron chi connectivity index (χ3n) is 5.60. The Morgan fingerprint density at radius 2 is 1.53 bits per heavy atom. The first-order chi connectivity index (χ1) is 14.2. The van der Waals surface area contributed by atoms with Crippen molar-refractivity contribution in [1.82, 2.24) is 0 Å². The summed E-state index contributed by atoms with van der Waals surface area (Å²) in [5, 5.41) is 0. The van der Waals surface area contributed by atoms with E-state index < -0.39 is 7.60 Å². The lowest BCUT2D eigenvalue weighted by molar-refractivity contribution is -0.116. The highest BCUT2D eigenvalue weighted by molar-refractivity contribution is 7.54. The lowest BCUT2D eigenvalue weighted by atomic mass is 9.89. The van der Waals surface area contributed by atoms with Gasteiger partial charge < -0.3 is 18.5 Å². The maximum atomic E-state index is 12.0. The first kappa shape index (κ1) is 27.3. The molecular formula is C23H41O6P. The van der Waals surface area contributed by atoms with Gasteiger partial charge in [0.05, 0.1) is 13.2 Å². The first-order valence-electron chi connectivity index (χ1n) is 11.0. The maximum Gasteiger partial charge on any atom is 0.337 e. The van der Waals surface area contributed by atoms with Crippen LogP contribution in [0.2, 0.25) is 0 Å². The van der Waals surface area contributed by atoms with Gasteiger partial charge in [0.15, 0.2) is 6.29 Å². The molecule has 0 aliphatic carbocycles. The number of allylic oxidation sites excluding steroid dienone is 4. The highest BCUT2D eigenvalue weighted by Gasteiger charge is 2.29. The number of Topliss-reactive ketones (excluding diaryl/α,β-unsaturated/α-hetero) is 1. The fourth-order valence-corrected chi connectivity index (χ4v) is 4.53. The Labute approximate surface area is 182 Å². The zero-order valence-electron chi connectivity index (χ0n) is 19.6. The topological polar surface area (TPSA) is 71.1 Å². The first-order valence-corrected chi connectivity index (χ1v) is 12.7. The summed E-state index contributed by atoms with van der Waals surface area (Å²) in [6, 6.07) is 0. The number of ketones is 1. The normalized spacial score (nSPS) is 17.7.